The summed E-state index contributed by atoms with van der Waals surface area (Å²) in [5, 5.41) is 0. The van der Waals surface area contributed by atoms with Gasteiger partial charge in [-0.2, -0.15) is 4.98 Å². The molecule has 1 aromatic carbocycles. The fraction of sp³-hybridized carbons (Fsp3) is 0.111. The Kier molecular flexibility index (Phi) is 2.44. The Bertz CT molecular complexity index is 538. The van der Waals surface area contributed by atoms with Gasteiger partial charge in [-0.1, -0.05) is 15.9 Å². The molecule has 0 bridgehead atoms. The Labute approximate surface area is 92.8 Å². The van der Waals surface area contributed by atoms with E-state index in [2.05, 4.69) is 25.7 Å². The number of carbonyl (C=O) groups excluding carboxylic acids is 1. The topological polar surface area (TPSA) is 44.1 Å². The van der Waals surface area contributed by atoms with E-state index in [0.717, 1.165) is 0 Å². The van der Waals surface area contributed by atoms with Crippen molar-refractivity contribution in [2.24, 2.45) is 7.05 Å². The van der Waals surface area contributed by atoms with Gasteiger partial charge in [0.05, 0.1) is 5.52 Å². The van der Waals surface area contributed by atoms with Crippen molar-refractivity contribution < 1.29 is 13.9 Å². The standard InChI is InChI=1S/C9H6BrFN2O2/c1-13-8-6(11)2-5(10)3-7(8)12-9(13)15-4-14/h2-4H,1H3. The lowest BCUT2D eigenvalue weighted by Crippen LogP contribution is -1.97. The van der Waals surface area contributed by atoms with Gasteiger partial charge in [0.2, 0.25) is 0 Å². The van der Waals surface area contributed by atoms with E-state index in [1.165, 1.54) is 10.6 Å². The van der Waals surface area contributed by atoms with Crippen LogP contribution in [-0.2, 0) is 11.8 Å². The molecule has 78 valence electrons. The van der Waals surface area contributed by atoms with Crippen molar-refractivity contribution in [3.63, 3.8) is 0 Å². The number of hydrogen-bond donors (Lipinski definition) is 0. The molecule has 0 aliphatic carbocycles. The molecule has 0 aliphatic rings. The van der Waals surface area contributed by atoms with Crippen molar-refractivity contribution in [1.82, 2.24) is 9.55 Å². The van der Waals surface area contributed by atoms with E-state index in [4.69, 9.17) is 0 Å². The summed E-state index contributed by atoms with van der Waals surface area (Å²) in [4.78, 5) is 14.1. The number of aromatic nitrogens is 2. The fourth-order valence-electron chi connectivity index (χ4n) is 1.39. The minimum atomic E-state index is -0.421. The third kappa shape index (κ3) is 1.61. The number of carbonyl (C=O) groups is 1. The number of ether oxygens (including phenoxy) is 1. The maximum atomic E-state index is 13.5. The number of aryl methyl sites for hydroxylation is 1. The molecule has 15 heavy (non-hydrogen) atoms. The number of halogens is 2. The third-order valence-corrected chi connectivity index (χ3v) is 2.46. The molecule has 2 rings (SSSR count). The highest BCUT2D eigenvalue weighted by molar-refractivity contribution is 9.10. The predicted molar refractivity (Wildman–Crippen MR) is 55.1 cm³/mol. The van der Waals surface area contributed by atoms with Crippen LogP contribution >= 0.6 is 15.9 Å². The van der Waals surface area contributed by atoms with Gasteiger partial charge < -0.3 is 4.74 Å². The van der Waals surface area contributed by atoms with E-state index in [0.29, 0.717) is 15.5 Å². The van der Waals surface area contributed by atoms with Gasteiger partial charge in [0.15, 0.2) is 0 Å². The van der Waals surface area contributed by atoms with Crippen molar-refractivity contribution in [3.05, 3.63) is 22.4 Å². The van der Waals surface area contributed by atoms with Crippen LogP contribution in [0.5, 0.6) is 6.01 Å². The molecule has 1 heterocycles. The fourth-order valence-corrected chi connectivity index (χ4v) is 1.81. The molecule has 0 saturated heterocycles. The highest BCUT2D eigenvalue weighted by atomic mass is 79.9. The first-order chi connectivity index (χ1) is 7.13. The Hall–Kier alpha value is -1.43. The van der Waals surface area contributed by atoms with Crippen LogP contribution in [0.4, 0.5) is 4.39 Å². The van der Waals surface area contributed by atoms with Crippen molar-refractivity contribution in [2.45, 2.75) is 0 Å². The lowest BCUT2D eigenvalue weighted by molar-refractivity contribution is -0.121. The first-order valence-electron chi connectivity index (χ1n) is 4.05. The van der Waals surface area contributed by atoms with Crippen molar-refractivity contribution in [1.29, 1.82) is 0 Å². The third-order valence-electron chi connectivity index (χ3n) is 2.00. The van der Waals surface area contributed by atoms with E-state index in [1.54, 1.807) is 13.1 Å². The number of hydrogen-bond acceptors (Lipinski definition) is 3. The maximum absolute atomic E-state index is 13.5. The van der Waals surface area contributed by atoms with Crippen LogP contribution in [0.15, 0.2) is 16.6 Å². The molecule has 6 heteroatoms. The second kappa shape index (κ2) is 3.62. The molecule has 0 saturated carbocycles. The molecule has 0 amide bonds. The smallest absolute Gasteiger partial charge is 0.304 e. The predicted octanol–water partition coefficient (Wildman–Crippen LogP) is 2.01. The summed E-state index contributed by atoms with van der Waals surface area (Å²) >= 11 is 3.16. The zero-order chi connectivity index (χ0) is 11.0. The summed E-state index contributed by atoms with van der Waals surface area (Å²) in [5.74, 6) is -0.421. The number of fused-ring (bicyclic) bond motifs is 1. The molecular formula is C9H6BrFN2O2. The van der Waals surface area contributed by atoms with E-state index in [1.807, 2.05) is 0 Å². The average molecular weight is 273 g/mol. The number of benzene rings is 1. The summed E-state index contributed by atoms with van der Waals surface area (Å²) in [5.41, 5.74) is 0.733. The van der Waals surface area contributed by atoms with Crippen molar-refractivity contribution in [2.75, 3.05) is 0 Å². The quantitative estimate of drug-likeness (QED) is 0.786. The molecule has 0 unspecified atom stereocenters. The molecule has 1 aromatic heterocycles. The van der Waals surface area contributed by atoms with E-state index in [9.17, 15) is 9.18 Å². The van der Waals surface area contributed by atoms with Crippen LogP contribution < -0.4 is 4.74 Å². The van der Waals surface area contributed by atoms with Gasteiger partial charge in [0.25, 0.3) is 0 Å². The summed E-state index contributed by atoms with van der Waals surface area (Å²) in [6, 6.07) is 3.04. The van der Waals surface area contributed by atoms with Crippen molar-refractivity contribution in [3.8, 4) is 6.01 Å². The van der Waals surface area contributed by atoms with Crippen LogP contribution in [0.1, 0.15) is 0 Å². The number of imidazole rings is 1. The molecule has 0 atom stereocenters. The number of nitrogens with zero attached hydrogens (tertiary/aromatic N) is 2. The summed E-state index contributed by atoms with van der Waals surface area (Å²) in [6.45, 7) is 0.258. The molecule has 2 aromatic rings. The highest BCUT2D eigenvalue weighted by Gasteiger charge is 2.13. The Morgan fingerprint density at radius 3 is 3.00 bits per heavy atom. The first kappa shape index (κ1) is 10.1. The summed E-state index contributed by atoms with van der Waals surface area (Å²) in [7, 11) is 1.57. The van der Waals surface area contributed by atoms with Gasteiger partial charge >= 0.3 is 12.5 Å². The molecular weight excluding hydrogens is 267 g/mol. The minimum Gasteiger partial charge on any atom is -0.394 e. The highest BCUT2D eigenvalue weighted by Crippen LogP contribution is 2.25. The maximum Gasteiger partial charge on any atom is 0.304 e. The summed E-state index contributed by atoms with van der Waals surface area (Å²) in [6.07, 6.45) is 0. The average Bonchev–Trinajstić information content (AvgIpc) is 2.43. The number of rotatable bonds is 2. The van der Waals surface area contributed by atoms with Crippen LogP contribution in [0.3, 0.4) is 0 Å². The molecule has 4 nitrogen and oxygen atoms in total. The zero-order valence-corrected chi connectivity index (χ0v) is 9.28. The lowest BCUT2D eigenvalue weighted by atomic mass is 10.3. The largest absolute Gasteiger partial charge is 0.394 e. The van der Waals surface area contributed by atoms with E-state index < -0.39 is 5.82 Å². The van der Waals surface area contributed by atoms with E-state index in [-0.39, 0.29) is 12.5 Å². The second-order valence-corrected chi connectivity index (χ2v) is 3.84. The van der Waals surface area contributed by atoms with Gasteiger partial charge in [0, 0.05) is 11.5 Å². The van der Waals surface area contributed by atoms with E-state index >= 15 is 0 Å². The van der Waals surface area contributed by atoms with Gasteiger partial charge in [-0.05, 0) is 12.1 Å². The molecule has 0 spiro atoms. The Morgan fingerprint density at radius 1 is 1.60 bits per heavy atom. The van der Waals surface area contributed by atoms with Crippen LogP contribution in [-0.4, -0.2) is 16.0 Å². The van der Waals surface area contributed by atoms with Gasteiger partial charge in [-0.25, -0.2) is 4.39 Å². The summed E-state index contributed by atoms with van der Waals surface area (Å²) < 4.78 is 20.1. The lowest BCUT2D eigenvalue weighted by Gasteiger charge is -1.99. The first-order valence-corrected chi connectivity index (χ1v) is 4.84. The minimum absolute atomic E-state index is 0.0667. The van der Waals surface area contributed by atoms with Gasteiger partial charge in [0.1, 0.15) is 11.3 Å². The Morgan fingerprint density at radius 2 is 2.33 bits per heavy atom. The molecule has 0 aliphatic heterocycles. The molecule has 0 N–H and O–H groups in total. The second-order valence-electron chi connectivity index (χ2n) is 2.92. The van der Waals surface area contributed by atoms with Gasteiger partial charge in [-0.3, -0.25) is 9.36 Å². The SMILES string of the molecule is Cn1c(OC=O)nc2cc(Br)cc(F)c21. The van der Waals surface area contributed by atoms with Crippen molar-refractivity contribution >= 4 is 33.4 Å². The van der Waals surface area contributed by atoms with Crippen LogP contribution in [0, 0.1) is 5.82 Å². The normalized spacial score (nSPS) is 10.6. The van der Waals surface area contributed by atoms with Crippen LogP contribution in [0.2, 0.25) is 0 Å². The zero-order valence-electron chi connectivity index (χ0n) is 7.70. The van der Waals surface area contributed by atoms with Gasteiger partial charge in [-0.15, -0.1) is 0 Å². The molecule has 0 radical (unpaired) electrons. The Balaban J connectivity index is 2.75. The monoisotopic (exact) mass is 272 g/mol. The molecule has 0 fully saturated rings. The van der Waals surface area contributed by atoms with Crippen LogP contribution in [0.25, 0.3) is 11.0 Å².